The summed E-state index contributed by atoms with van der Waals surface area (Å²) in [6.45, 7) is 1.64. The van der Waals surface area contributed by atoms with Gasteiger partial charge >= 0.3 is 5.97 Å². The van der Waals surface area contributed by atoms with E-state index in [2.05, 4.69) is 9.88 Å². The summed E-state index contributed by atoms with van der Waals surface area (Å²) in [4.78, 5) is 17.8. The van der Waals surface area contributed by atoms with Crippen molar-refractivity contribution in [3.8, 4) is 5.75 Å². The van der Waals surface area contributed by atoms with Crippen LogP contribution >= 0.6 is 0 Å². The average molecular weight is 551 g/mol. The van der Waals surface area contributed by atoms with Crippen LogP contribution in [0.2, 0.25) is 0 Å². The van der Waals surface area contributed by atoms with Gasteiger partial charge in [0.15, 0.2) is 11.6 Å². The Morgan fingerprint density at radius 2 is 1.87 bits per heavy atom. The fraction of sp³-hybridized carbons (Fsp3) is 0.448. The number of carbonyl (C=O) groups is 1. The Bertz CT molecular complexity index is 1330. The summed E-state index contributed by atoms with van der Waals surface area (Å²) in [5, 5.41) is 9.89. The van der Waals surface area contributed by atoms with E-state index in [1.54, 1.807) is 18.2 Å². The molecule has 0 aliphatic carbocycles. The third-order valence-electron chi connectivity index (χ3n) is 7.74. The maximum atomic E-state index is 15.6. The SMILES string of the molecule is COc1ccc2ncc(F)c([C@H](F)CCC3(CC(=O)O)CCN(CCCc4cc(F)cc(F)c4F)CC3)c2c1. The van der Waals surface area contributed by atoms with Crippen LogP contribution in [0.25, 0.3) is 10.9 Å². The zero-order valence-electron chi connectivity index (χ0n) is 21.7. The Morgan fingerprint density at radius 3 is 2.56 bits per heavy atom. The summed E-state index contributed by atoms with van der Waals surface area (Å²) < 4.78 is 76.3. The lowest BCUT2D eigenvalue weighted by molar-refractivity contribution is -0.141. The van der Waals surface area contributed by atoms with Crippen LogP contribution in [0.15, 0.2) is 36.5 Å². The fourth-order valence-electron chi connectivity index (χ4n) is 5.56. The molecule has 5 nitrogen and oxygen atoms in total. The number of aliphatic carboxylic acids is 1. The molecule has 1 aliphatic rings. The summed E-state index contributed by atoms with van der Waals surface area (Å²) in [6, 6.07) is 6.33. The number of carboxylic acids is 1. The summed E-state index contributed by atoms with van der Waals surface area (Å²) in [5.74, 6) is -4.39. The van der Waals surface area contributed by atoms with E-state index >= 15 is 4.39 Å². The highest BCUT2D eigenvalue weighted by molar-refractivity contribution is 5.84. The van der Waals surface area contributed by atoms with Crippen LogP contribution in [0.4, 0.5) is 22.0 Å². The van der Waals surface area contributed by atoms with Gasteiger partial charge in [0.25, 0.3) is 0 Å². The Morgan fingerprint density at radius 1 is 1.13 bits per heavy atom. The summed E-state index contributed by atoms with van der Waals surface area (Å²) in [5.41, 5.74) is -0.346. The molecule has 0 bridgehead atoms. The third-order valence-corrected chi connectivity index (χ3v) is 7.74. The number of methoxy groups -OCH3 is 1. The molecule has 210 valence electrons. The Labute approximate surface area is 223 Å². The summed E-state index contributed by atoms with van der Waals surface area (Å²) in [7, 11) is 1.46. The van der Waals surface area contributed by atoms with E-state index in [4.69, 9.17) is 4.74 Å². The number of likely N-dealkylation sites (tertiary alicyclic amines) is 1. The van der Waals surface area contributed by atoms with Gasteiger partial charge in [-0.05, 0) is 93.4 Å². The molecule has 1 atom stereocenters. The van der Waals surface area contributed by atoms with Gasteiger partial charge in [-0.3, -0.25) is 9.78 Å². The van der Waals surface area contributed by atoms with Crippen LogP contribution in [-0.4, -0.2) is 47.7 Å². The van der Waals surface area contributed by atoms with Gasteiger partial charge in [0.1, 0.15) is 23.6 Å². The number of aryl methyl sites for hydroxylation is 1. The van der Waals surface area contributed by atoms with Gasteiger partial charge in [0.2, 0.25) is 0 Å². The highest BCUT2D eigenvalue weighted by atomic mass is 19.2. The minimum absolute atomic E-state index is 0.0211. The number of aromatic nitrogens is 1. The van der Waals surface area contributed by atoms with Gasteiger partial charge in [-0.25, -0.2) is 22.0 Å². The Balaban J connectivity index is 1.39. The van der Waals surface area contributed by atoms with Gasteiger partial charge in [-0.2, -0.15) is 0 Å². The van der Waals surface area contributed by atoms with Crippen molar-refractivity contribution in [2.24, 2.45) is 5.41 Å². The third kappa shape index (κ3) is 6.84. The molecule has 39 heavy (non-hydrogen) atoms. The lowest BCUT2D eigenvalue weighted by atomic mass is 9.71. The van der Waals surface area contributed by atoms with Crippen LogP contribution in [0, 0.1) is 28.7 Å². The molecule has 0 radical (unpaired) electrons. The molecule has 1 aliphatic heterocycles. The van der Waals surface area contributed by atoms with Crippen molar-refractivity contribution >= 4 is 16.9 Å². The number of hydrogen-bond donors (Lipinski definition) is 1. The molecule has 1 fully saturated rings. The maximum absolute atomic E-state index is 15.6. The molecule has 0 saturated carbocycles. The molecule has 0 spiro atoms. The van der Waals surface area contributed by atoms with E-state index in [0.717, 1.165) is 12.3 Å². The smallest absolute Gasteiger partial charge is 0.303 e. The van der Waals surface area contributed by atoms with Crippen molar-refractivity contribution in [3.63, 3.8) is 0 Å². The lowest BCUT2D eigenvalue weighted by Gasteiger charge is -2.41. The first-order chi connectivity index (χ1) is 18.6. The van der Waals surface area contributed by atoms with Crippen molar-refractivity contribution in [1.82, 2.24) is 9.88 Å². The van der Waals surface area contributed by atoms with E-state index in [1.807, 2.05) is 0 Å². The molecule has 2 aromatic carbocycles. The number of halogens is 5. The second-order valence-electron chi connectivity index (χ2n) is 10.3. The van der Waals surface area contributed by atoms with Gasteiger partial charge in [-0.15, -0.1) is 0 Å². The van der Waals surface area contributed by atoms with E-state index in [1.165, 1.54) is 7.11 Å². The fourth-order valence-corrected chi connectivity index (χ4v) is 5.56. The number of hydrogen-bond acceptors (Lipinski definition) is 4. The van der Waals surface area contributed by atoms with Crippen LogP contribution < -0.4 is 4.74 Å². The second-order valence-corrected chi connectivity index (χ2v) is 10.3. The van der Waals surface area contributed by atoms with Crippen LogP contribution in [0.1, 0.15) is 55.8 Å². The molecular weight excluding hydrogens is 519 g/mol. The molecular formula is C29H31F5N2O3. The van der Waals surface area contributed by atoms with Crippen molar-refractivity contribution in [3.05, 3.63) is 70.9 Å². The first-order valence-electron chi connectivity index (χ1n) is 12.9. The van der Waals surface area contributed by atoms with Crippen molar-refractivity contribution in [2.75, 3.05) is 26.7 Å². The molecule has 3 aromatic rings. The topological polar surface area (TPSA) is 62.7 Å². The number of ether oxygens (including phenoxy) is 1. The van der Waals surface area contributed by atoms with Gasteiger partial charge in [-0.1, -0.05) is 0 Å². The van der Waals surface area contributed by atoms with E-state index in [0.29, 0.717) is 61.6 Å². The highest BCUT2D eigenvalue weighted by Gasteiger charge is 2.37. The number of alkyl halides is 1. The molecule has 1 N–H and O–H groups in total. The number of piperidine rings is 1. The van der Waals surface area contributed by atoms with Gasteiger partial charge in [0.05, 0.1) is 25.2 Å². The second kappa shape index (κ2) is 12.3. The monoisotopic (exact) mass is 550 g/mol. The average Bonchev–Trinajstić information content (AvgIpc) is 2.90. The van der Waals surface area contributed by atoms with Crippen LogP contribution in [0.3, 0.4) is 0 Å². The Hall–Kier alpha value is -3.27. The standard InChI is InChI=1S/C29H31F5N2O3/c1-39-20-4-5-25-21(15-20)27(24(33)17-35-25)22(31)6-7-29(16-26(37)38)8-11-36(12-9-29)10-2-3-18-13-19(30)14-23(32)28(18)34/h4-5,13-15,17,22H,2-3,6-12,16H2,1H3,(H,37,38)/t22-/m1/s1. The van der Waals surface area contributed by atoms with Gasteiger partial charge < -0.3 is 14.7 Å². The number of pyridine rings is 1. The molecule has 1 saturated heterocycles. The first-order valence-corrected chi connectivity index (χ1v) is 12.9. The molecule has 0 amide bonds. The number of carboxylic acid groups (broad SMARTS) is 1. The van der Waals surface area contributed by atoms with Gasteiger partial charge in [0, 0.05) is 17.0 Å². The van der Waals surface area contributed by atoms with E-state index in [9.17, 15) is 27.5 Å². The number of rotatable bonds is 11. The molecule has 1 aromatic heterocycles. The van der Waals surface area contributed by atoms with E-state index in [-0.39, 0.29) is 36.8 Å². The number of fused-ring (bicyclic) bond motifs is 1. The number of benzene rings is 2. The maximum Gasteiger partial charge on any atom is 0.303 e. The largest absolute Gasteiger partial charge is 0.497 e. The summed E-state index contributed by atoms with van der Waals surface area (Å²) in [6.07, 6.45) is 1.05. The normalized spacial score (nSPS) is 16.4. The van der Waals surface area contributed by atoms with Crippen LogP contribution in [-0.2, 0) is 11.2 Å². The quantitative estimate of drug-likeness (QED) is 0.211. The summed E-state index contributed by atoms with van der Waals surface area (Å²) >= 11 is 0. The Kier molecular flexibility index (Phi) is 9.04. The lowest BCUT2D eigenvalue weighted by Crippen LogP contribution is -2.41. The number of nitrogens with zero attached hydrogens (tertiary/aromatic N) is 2. The minimum Gasteiger partial charge on any atom is -0.497 e. The van der Waals surface area contributed by atoms with Crippen LogP contribution in [0.5, 0.6) is 5.75 Å². The first kappa shape index (κ1) is 28.7. The van der Waals surface area contributed by atoms with Crippen molar-refractivity contribution in [2.45, 2.75) is 51.1 Å². The van der Waals surface area contributed by atoms with E-state index < -0.39 is 40.8 Å². The predicted octanol–water partition coefficient (Wildman–Crippen LogP) is 6.78. The predicted molar refractivity (Wildman–Crippen MR) is 136 cm³/mol. The molecule has 2 heterocycles. The molecule has 4 rings (SSSR count). The minimum atomic E-state index is -1.66. The highest BCUT2D eigenvalue weighted by Crippen LogP contribution is 2.43. The van der Waals surface area contributed by atoms with Crippen molar-refractivity contribution in [1.29, 1.82) is 0 Å². The van der Waals surface area contributed by atoms with Crippen molar-refractivity contribution < 1.29 is 36.6 Å². The zero-order chi connectivity index (χ0) is 28.2. The molecule has 10 heteroatoms. The molecule has 0 unspecified atom stereocenters. The zero-order valence-corrected chi connectivity index (χ0v) is 21.7.